The van der Waals surface area contributed by atoms with E-state index in [1.54, 1.807) is 6.08 Å². The highest BCUT2D eigenvalue weighted by molar-refractivity contribution is 7.47. The van der Waals surface area contributed by atoms with Gasteiger partial charge in [-0.15, -0.1) is 0 Å². The summed E-state index contributed by atoms with van der Waals surface area (Å²) in [4.78, 5) is 73.2. The number of hydrogen-bond acceptors (Lipinski definition) is 14. The lowest BCUT2D eigenvalue weighted by Crippen LogP contribution is -2.65. The van der Waals surface area contributed by atoms with E-state index < -0.39 is 91.3 Å². The zero-order valence-corrected chi connectivity index (χ0v) is 43.3. The smallest absolute Gasteiger partial charge is 0.462 e. The van der Waals surface area contributed by atoms with Gasteiger partial charge in [0.2, 0.25) is 0 Å². The van der Waals surface area contributed by atoms with Crippen molar-refractivity contribution >= 4 is 35.4 Å². The number of carbonyl (C=O) groups is 2. The molecular formula is C47H83O19P3. The van der Waals surface area contributed by atoms with Crippen LogP contribution >= 0.6 is 23.5 Å². The molecule has 0 amide bonds. The Bertz CT molecular complexity index is 1670. The van der Waals surface area contributed by atoms with Gasteiger partial charge >= 0.3 is 35.4 Å². The molecule has 8 N–H and O–H groups in total. The summed E-state index contributed by atoms with van der Waals surface area (Å²) in [5.41, 5.74) is 0. The zero-order valence-electron chi connectivity index (χ0n) is 40.6. The topological polar surface area (TPSA) is 303 Å². The third kappa shape index (κ3) is 34.8. The fraction of sp³-hybridized carbons (Fsp3) is 0.745. The molecule has 0 saturated heterocycles. The van der Waals surface area contributed by atoms with Crippen LogP contribution in [0.1, 0.15) is 168 Å². The number of aliphatic hydroxyl groups is 3. The summed E-state index contributed by atoms with van der Waals surface area (Å²) in [5, 5.41) is 31.9. The monoisotopic (exact) mass is 1040 g/mol. The summed E-state index contributed by atoms with van der Waals surface area (Å²) >= 11 is 0. The van der Waals surface area contributed by atoms with Crippen molar-refractivity contribution in [3.05, 3.63) is 60.8 Å². The van der Waals surface area contributed by atoms with E-state index in [2.05, 4.69) is 59.4 Å². The number of esters is 2. The van der Waals surface area contributed by atoms with Crippen molar-refractivity contribution < 1.29 is 90.6 Å². The number of carbonyl (C=O) groups excluding carboxylic acids is 2. The maximum atomic E-state index is 13.1. The van der Waals surface area contributed by atoms with Crippen LogP contribution in [0.3, 0.4) is 0 Å². The minimum absolute atomic E-state index is 0.0170. The lowest BCUT2D eigenvalue weighted by molar-refractivity contribution is -0.213. The van der Waals surface area contributed by atoms with Crippen LogP contribution in [0, 0.1) is 0 Å². The number of phosphoric ester groups is 3. The second-order valence-electron chi connectivity index (χ2n) is 17.0. The fourth-order valence-corrected chi connectivity index (χ4v) is 9.25. The highest BCUT2D eigenvalue weighted by Gasteiger charge is 2.56. The Balaban J connectivity index is 2.76. The van der Waals surface area contributed by atoms with Gasteiger partial charge < -0.3 is 49.3 Å². The van der Waals surface area contributed by atoms with Gasteiger partial charge in [-0.1, -0.05) is 164 Å². The van der Waals surface area contributed by atoms with E-state index in [-0.39, 0.29) is 12.8 Å². The molecule has 69 heavy (non-hydrogen) atoms. The SMILES string of the molecule is CCCCCC=CCC=CCC=CCC=CCC=CCCC(=O)OCC(COP(=O)(O)OC1C(O)C(O)C(OP(=O)(O)O)C(OP(=O)(O)O)C1O)OC(=O)CCCCCCCCCCCCCCC. The molecule has 0 aromatic carbocycles. The van der Waals surface area contributed by atoms with Gasteiger partial charge in [-0.3, -0.25) is 27.7 Å². The molecule has 0 heterocycles. The number of ether oxygens (including phenoxy) is 2. The van der Waals surface area contributed by atoms with Crippen LogP contribution in [0.4, 0.5) is 0 Å². The first-order valence-corrected chi connectivity index (χ1v) is 29.1. The van der Waals surface area contributed by atoms with Gasteiger partial charge in [-0.2, -0.15) is 0 Å². The van der Waals surface area contributed by atoms with Crippen LogP contribution in [0.25, 0.3) is 0 Å². The minimum atomic E-state index is -5.61. The van der Waals surface area contributed by atoms with E-state index >= 15 is 0 Å². The Labute approximate surface area is 409 Å². The molecule has 400 valence electrons. The maximum absolute atomic E-state index is 13.1. The highest BCUT2D eigenvalue weighted by atomic mass is 31.2. The number of rotatable bonds is 41. The van der Waals surface area contributed by atoms with Crippen molar-refractivity contribution in [2.75, 3.05) is 13.2 Å². The lowest BCUT2D eigenvalue weighted by atomic mass is 9.85. The molecule has 8 atom stereocenters. The molecule has 1 aliphatic rings. The molecule has 8 unspecified atom stereocenters. The summed E-state index contributed by atoms with van der Waals surface area (Å²) in [7, 11) is -16.6. The normalized spacial score (nSPS) is 21.8. The van der Waals surface area contributed by atoms with Crippen molar-refractivity contribution in [3.8, 4) is 0 Å². The van der Waals surface area contributed by atoms with Crippen LogP contribution in [-0.4, -0.2) is 108 Å². The summed E-state index contributed by atoms with van der Waals surface area (Å²) in [6.07, 6.45) is 26.8. The number of unbranched alkanes of at least 4 members (excludes halogenated alkanes) is 15. The number of allylic oxidation sites excluding steroid dienone is 10. The standard InChI is InChI=1S/C47H83O19P3/c1-3-5-7-9-11-13-15-17-18-19-20-21-22-24-25-27-29-31-33-35-40(48)61-37-39(63-41(49)36-34-32-30-28-26-23-16-14-12-10-8-6-4-2)38-62-69(59,60)66-45-42(50)43(51)46(64-67(53,54)55)47(44(45)52)65-68(56,57)58/h11,13,17-18,20-21,24-25,29,31,39,42-47,50-52H,3-10,12,14-16,19,22-23,26-28,30,32-38H2,1-2H3,(H,59,60)(H2,53,54,55)(H2,56,57,58). The van der Waals surface area contributed by atoms with Gasteiger partial charge in [0.1, 0.15) is 43.2 Å². The third-order valence-electron chi connectivity index (χ3n) is 10.8. The molecule has 0 bridgehead atoms. The molecule has 0 aliphatic heterocycles. The van der Waals surface area contributed by atoms with Crippen molar-refractivity contribution in [2.24, 2.45) is 0 Å². The average Bonchev–Trinajstić information content (AvgIpc) is 3.28. The van der Waals surface area contributed by atoms with Crippen molar-refractivity contribution in [1.82, 2.24) is 0 Å². The van der Waals surface area contributed by atoms with Gasteiger partial charge in [-0.05, 0) is 51.4 Å². The van der Waals surface area contributed by atoms with Crippen LogP contribution in [0.15, 0.2) is 60.8 Å². The lowest BCUT2D eigenvalue weighted by Gasteiger charge is -2.44. The van der Waals surface area contributed by atoms with Crippen LogP contribution in [0.5, 0.6) is 0 Å². The number of phosphoric acid groups is 3. The Morgan fingerprint density at radius 3 is 1.35 bits per heavy atom. The molecule has 19 nitrogen and oxygen atoms in total. The predicted octanol–water partition coefficient (Wildman–Crippen LogP) is 9.18. The third-order valence-corrected chi connectivity index (χ3v) is 12.9. The summed E-state index contributed by atoms with van der Waals surface area (Å²) in [5.74, 6) is -1.39. The van der Waals surface area contributed by atoms with E-state index in [0.717, 1.165) is 57.8 Å². The van der Waals surface area contributed by atoms with Gasteiger partial charge in [-0.25, -0.2) is 13.7 Å². The molecule has 1 saturated carbocycles. The predicted molar refractivity (Wildman–Crippen MR) is 261 cm³/mol. The molecule has 1 rings (SSSR count). The Kier molecular flexibility index (Phi) is 36.2. The van der Waals surface area contributed by atoms with Crippen LogP contribution in [-0.2, 0) is 50.9 Å². The van der Waals surface area contributed by atoms with E-state index in [4.69, 9.17) is 18.5 Å². The van der Waals surface area contributed by atoms with Crippen molar-refractivity contribution in [3.63, 3.8) is 0 Å². The molecule has 0 radical (unpaired) electrons. The van der Waals surface area contributed by atoms with Crippen molar-refractivity contribution in [2.45, 2.75) is 211 Å². The van der Waals surface area contributed by atoms with E-state index in [1.807, 2.05) is 18.2 Å². The maximum Gasteiger partial charge on any atom is 0.472 e. The second kappa shape index (κ2) is 38.5. The van der Waals surface area contributed by atoms with Crippen LogP contribution < -0.4 is 0 Å². The number of hydrogen-bond donors (Lipinski definition) is 8. The first kappa shape index (κ1) is 64.9. The second-order valence-corrected chi connectivity index (χ2v) is 20.8. The summed E-state index contributed by atoms with van der Waals surface area (Å²) < 4.78 is 65.4. The average molecular weight is 1050 g/mol. The van der Waals surface area contributed by atoms with E-state index in [9.17, 15) is 63.1 Å². The molecule has 1 fully saturated rings. The highest BCUT2D eigenvalue weighted by Crippen LogP contribution is 2.51. The van der Waals surface area contributed by atoms with E-state index in [1.165, 1.54) is 64.2 Å². The van der Waals surface area contributed by atoms with Gasteiger partial charge in [0, 0.05) is 12.8 Å². The first-order chi connectivity index (χ1) is 32.8. The quantitative estimate of drug-likeness (QED) is 0.0122. The van der Waals surface area contributed by atoms with Gasteiger partial charge in [0.25, 0.3) is 0 Å². The number of aliphatic hydroxyl groups excluding tert-OH is 3. The Morgan fingerprint density at radius 1 is 0.464 bits per heavy atom. The van der Waals surface area contributed by atoms with Gasteiger partial charge in [0.05, 0.1) is 6.61 Å². The fourth-order valence-electron chi connectivity index (χ4n) is 7.15. The van der Waals surface area contributed by atoms with E-state index in [0.29, 0.717) is 19.3 Å². The largest absolute Gasteiger partial charge is 0.472 e. The summed E-state index contributed by atoms with van der Waals surface area (Å²) in [6, 6.07) is 0. The first-order valence-electron chi connectivity index (χ1n) is 24.6. The zero-order chi connectivity index (χ0) is 51.4. The van der Waals surface area contributed by atoms with Gasteiger partial charge in [0.15, 0.2) is 6.10 Å². The Hall–Kier alpha value is -2.15. The molecular weight excluding hydrogens is 961 g/mol. The van der Waals surface area contributed by atoms with Crippen LogP contribution in [0.2, 0.25) is 0 Å². The molecule has 22 heteroatoms. The Morgan fingerprint density at radius 2 is 0.870 bits per heavy atom. The minimum Gasteiger partial charge on any atom is -0.462 e. The molecule has 0 aromatic heterocycles. The van der Waals surface area contributed by atoms with Crippen molar-refractivity contribution in [1.29, 1.82) is 0 Å². The molecule has 1 aliphatic carbocycles. The molecule has 0 aromatic rings. The summed E-state index contributed by atoms with van der Waals surface area (Å²) in [6.45, 7) is 2.85. The molecule has 0 spiro atoms.